The highest BCUT2D eigenvalue weighted by molar-refractivity contribution is 5.91. The fraction of sp³-hybridized carbons (Fsp3) is 0.583. The molecule has 1 aliphatic heterocycles. The summed E-state index contributed by atoms with van der Waals surface area (Å²) in [5.74, 6) is 0.407. The smallest absolute Gasteiger partial charge is 0.338 e. The zero-order valence-corrected chi connectivity index (χ0v) is 9.79. The van der Waals surface area contributed by atoms with Gasteiger partial charge >= 0.3 is 5.97 Å². The van der Waals surface area contributed by atoms with Crippen LogP contribution in [0.15, 0.2) is 23.0 Å². The highest BCUT2D eigenvalue weighted by Gasteiger charge is 2.32. The lowest BCUT2D eigenvalue weighted by Crippen LogP contribution is -2.13. The molecule has 3 nitrogen and oxygen atoms in total. The van der Waals surface area contributed by atoms with E-state index in [1.54, 1.807) is 14.0 Å². The zero-order chi connectivity index (χ0) is 11.4. The average molecular weight is 210 g/mol. The van der Waals surface area contributed by atoms with Gasteiger partial charge in [-0.15, -0.1) is 0 Å². The van der Waals surface area contributed by atoms with Gasteiger partial charge in [-0.2, -0.15) is 0 Å². The Morgan fingerprint density at radius 3 is 2.80 bits per heavy atom. The largest absolute Gasteiger partial charge is 0.497 e. The number of hydrogen-bond acceptors (Lipinski definition) is 3. The van der Waals surface area contributed by atoms with Crippen LogP contribution in [0.1, 0.15) is 33.6 Å². The summed E-state index contributed by atoms with van der Waals surface area (Å²) in [5.41, 5.74) is 1.81. The van der Waals surface area contributed by atoms with Gasteiger partial charge in [0.05, 0.1) is 12.7 Å². The van der Waals surface area contributed by atoms with Crippen molar-refractivity contribution < 1.29 is 14.3 Å². The third kappa shape index (κ3) is 2.61. The van der Waals surface area contributed by atoms with Gasteiger partial charge in [0, 0.05) is 6.42 Å². The molecule has 1 atom stereocenters. The Labute approximate surface area is 90.8 Å². The molecule has 0 amide bonds. The molecule has 0 saturated heterocycles. The number of esters is 1. The average Bonchev–Trinajstić information content (AvgIpc) is 2.42. The fourth-order valence-electron chi connectivity index (χ4n) is 1.76. The van der Waals surface area contributed by atoms with Gasteiger partial charge in [0.15, 0.2) is 6.10 Å². The highest BCUT2D eigenvalue weighted by Crippen LogP contribution is 2.27. The van der Waals surface area contributed by atoms with Gasteiger partial charge in [0.2, 0.25) is 0 Å². The molecule has 0 unspecified atom stereocenters. The van der Waals surface area contributed by atoms with Crippen LogP contribution in [0.2, 0.25) is 0 Å². The van der Waals surface area contributed by atoms with Crippen LogP contribution in [0.4, 0.5) is 0 Å². The van der Waals surface area contributed by atoms with Crippen LogP contribution >= 0.6 is 0 Å². The van der Waals surface area contributed by atoms with E-state index in [0.717, 1.165) is 12.8 Å². The molecule has 0 aromatic rings. The SMILES string of the molecule is CC/C=C(\C)C[C@H]1OC(=O)C(C)=C1OC. The molecule has 0 fully saturated rings. The minimum Gasteiger partial charge on any atom is -0.497 e. The minimum atomic E-state index is -0.263. The van der Waals surface area contributed by atoms with E-state index in [9.17, 15) is 4.79 Å². The third-order valence-electron chi connectivity index (χ3n) is 2.50. The number of carbonyl (C=O) groups excluding carboxylic acids is 1. The Bertz CT molecular complexity index is 313. The maximum Gasteiger partial charge on any atom is 0.338 e. The highest BCUT2D eigenvalue weighted by atomic mass is 16.6. The number of carbonyl (C=O) groups is 1. The molecule has 0 saturated carbocycles. The van der Waals surface area contributed by atoms with Crippen LogP contribution in [0, 0.1) is 0 Å². The lowest BCUT2D eigenvalue weighted by atomic mass is 10.1. The van der Waals surface area contributed by atoms with Crippen molar-refractivity contribution in [3.8, 4) is 0 Å². The molecule has 0 aromatic carbocycles. The second-order valence-corrected chi connectivity index (χ2v) is 3.75. The Kier molecular flexibility index (Phi) is 3.95. The summed E-state index contributed by atoms with van der Waals surface area (Å²) >= 11 is 0. The van der Waals surface area contributed by atoms with E-state index >= 15 is 0 Å². The zero-order valence-electron chi connectivity index (χ0n) is 9.79. The summed E-state index contributed by atoms with van der Waals surface area (Å²) in [4.78, 5) is 11.3. The van der Waals surface area contributed by atoms with E-state index in [1.807, 2.05) is 6.92 Å². The molecule has 1 aliphatic rings. The van der Waals surface area contributed by atoms with Crippen molar-refractivity contribution >= 4 is 5.97 Å². The number of rotatable bonds is 4. The van der Waals surface area contributed by atoms with Gasteiger partial charge in [0.1, 0.15) is 5.76 Å². The summed E-state index contributed by atoms with van der Waals surface area (Å²) < 4.78 is 10.4. The second kappa shape index (κ2) is 5.01. The number of hydrogen-bond donors (Lipinski definition) is 0. The molecular formula is C12H18O3. The Morgan fingerprint density at radius 1 is 1.60 bits per heavy atom. The quantitative estimate of drug-likeness (QED) is 0.528. The van der Waals surface area contributed by atoms with Gasteiger partial charge in [0.25, 0.3) is 0 Å². The molecule has 0 aliphatic carbocycles. The molecular weight excluding hydrogens is 192 g/mol. The third-order valence-corrected chi connectivity index (χ3v) is 2.50. The van der Waals surface area contributed by atoms with Crippen molar-refractivity contribution in [3.63, 3.8) is 0 Å². The van der Waals surface area contributed by atoms with Crippen molar-refractivity contribution in [3.05, 3.63) is 23.0 Å². The molecule has 3 heteroatoms. The lowest BCUT2D eigenvalue weighted by molar-refractivity contribution is -0.140. The first-order valence-corrected chi connectivity index (χ1v) is 5.21. The van der Waals surface area contributed by atoms with E-state index in [1.165, 1.54) is 5.57 Å². The Morgan fingerprint density at radius 2 is 2.27 bits per heavy atom. The van der Waals surface area contributed by atoms with E-state index in [-0.39, 0.29) is 12.1 Å². The minimum absolute atomic E-state index is 0.231. The first-order valence-electron chi connectivity index (χ1n) is 5.21. The van der Waals surface area contributed by atoms with Gasteiger partial charge in [-0.1, -0.05) is 18.6 Å². The Balaban J connectivity index is 2.73. The lowest BCUT2D eigenvalue weighted by Gasteiger charge is -2.13. The molecule has 0 aromatic heterocycles. The summed E-state index contributed by atoms with van der Waals surface area (Å²) in [6.45, 7) is 5.86. The van der Waals surface area contributed by atoms with Crippen molar-refractivity contribution in [1.29, 1.82) is 0 Å². The monoisotopic (exact) mass is 210 g/mol. The summed E-state index contributed by atoms with van der Waals surface area (Å²) in [7, 11) is 1.58. The molecule has 0 N–H and O–H groups in total. The van der Waals surface area contributed by atoms with Gasteiger partial charge in [-0.25, -0.2) is 4.79 Å². The van der Waals surface area contributed by atoms with Crippen molar-refractivity contribution in [2.45, 2.75) is 39.7 Å². The molecule has 0 spiro atoms. The summed E-state index contributed by atoms with van der Waals surface area (Å²) in [6.07, 6.45) is 3.62. The van der Waals surface area contributed by atoms with Crippen LogP contribution < -0.4 is 0 Å². The van der Waals surface area contributed by atoms with Crippen LogP contribution in [-0.2, 0) is 14.3 Å². The molecule has 15 heavy (non-hydrogen) atoms. The molecule has 1 heterocycles. The van der Waals surface area contributed by atoms with Gasteiger partial charge in [-0.3, -0.25) is 0 Å². The topological polar surface area (TPSA) is 35.5 Å². The van der Waals surface area contributed by atoms with Crippen LogP contribution in [-0.4, -0.2) is 19.2 Å². The van der Waals surface area contributed by atoms with Crippen molar-refractivity contribution in [2.24, 2.45) is 0 Å². The van der Waals surface area contributed by atoms with E-state index in [4.69, 9.17) is 9.47 Å². The maximum absolute atomic E-state index is 11.3. The van der Waals surface area contributed by atoms with Gasteiger partial charge in [-0.05, 0) is 20.3 Å². The number of cyclic esters (lactones) is 1. The molecule has 1 rings (SSSR count). The summed E-state index contributed by atoms with van der Waals surface area (Å²) in [6, 6.07) is 0. The number of allylic oxidation sites excluding steroid dienone is 1. The normalized spacial score (nSPS) is 22.0. The first kappa shape index (κ1) is 11.8. The molecule has 0 bridgehead atoms. The number of ether oxygens (including phenoxy) is 2. The van der Waals surface area contributed by atoms with Gasteiger partial charge < -0.3 is 9.47 Å². The molecule has 0 radical (unpaired) electrons. The predicted octanol–water partition coefficient (Wildman–Crippen LogP) is 2.58. The maximum atomic E-state index is 11.3. The van der Waals surface area contributed by atoms with Crippen LogP contribution in [0.25, 0.3) is 0 Å². The van der Waals surface area contributed by atoms with Crippen LogP contribution in [0.5, 0.6) is 0 Å². The fourth-order valence-corrected chi connectivity index (χ4v) is 1.76. The van der Waals surface area contributed by atoms with Crippen molar-refractivity contribution in [1.82, 2.24) is 0 Å². The number of methoxy groups -OCH3 is 1. The van der Waals surface area contributed by atoms with Crippen molar-refractivity contribution in [2.75, 3.05) is 7.11 Å². The van der Waals surface area contributed by atoms with E-state index in [0.29, 0.717) is 11.3 Å². The van der Waals surface area contributed by atoms with Crippen LogP contribution in [0.3, 0.4) is 0 Å². The van der Waals surface area contributed by atoms with E-state index < -0.39 is 0 Å². The Hall–Kier alpha value is -1.25. The predicted molar refractivity (Wildman–Crippen MR) is 58.3 cm³/mol. The first-order chi connectivity index (χ1) is 7.10. The van der Waals surface area contributed by atoms with E-state index in [2.05, 4.69) is 13.0 Å². The standard InChI is InChI=1S/C12H18O3/c1-5-6-8(2)7-10-11(14-4)9(3)12(13)15-10/h6,10H,5,7H2,1-4H3/b8-6+/t10-/m1/s1. The summed E-state index contributed by atoms with van der Waals surface area (Å²) in [5, 5.41) is 0. The molecule has 84 valence electrons. The second-order valence-electron chi connectivity index (χ2n) is 3.75.